The fraction of sp³-hybridized carbons (Fsp3) is 0.281. The SMILES string of the molecule is CCC(NNC(=S)/N=C1\SCC(=O)N1c1cc(C)ccc1C(C)C)c1ccc(-c2ncn(-c3ccc(OC(F)(F)F)cc3)n2)cc1. The van der Waals surface area contributed by atoms with Crippen LogP contribution < -0.4 is 20.5 Å². The van der Waals surface area contributed by atoms with Crippen molar-refractivity contribution in [2.75, 3.05) is 10.7 Å². The molecule has 1 fully saturated rings. The normalized spacial score (nSPS) is 15.1. The van der Waals surface area contributed by atoms with E-state index >= 15 is 0 Å². The van der Waals surface area contributed by atoms with Crippen LogP contribution in [-0.2, 0) is 4.79 Å². The van der Waals surface area contributed by atoms with E-state index in [1.807, 2.05) is 50.2 Å². The number of anilines is 1. The van der Waals surface area contributed by atoms with Crippen LogP contribution in [0.5, 0.6) is 5.75 Å². The third-order valence-electron chi connectivity index (χ3n) is 7.17. The number of thiocarbonyl (C=S) groups is 1. The molecule has 0 aliphatic carbocycles. The molecule has 0 spiro atoms. The van der Waals surface area contributed by atoms with Gasteiger partial charge in [0.05, 0.1) is 23.2 Å². The molecule has 1 aliphatic heterocycles. The molecular formula is C32H32F3N7O2S2. The Kier molecular flexibility index (Phi) is 10.1. The standard InChI is InChI=1S/C32H32F3N7O2S2/c1-5-26(38-39-30(45)37-31-42(28(43)17-46-31)27-16-20(4)6-15-25(27)19(2)3)21-7-9-22(10-8-21)29-36-18-41(40-29)23-11-13-24(14-12-23)44-32(33,34)35/h6-16,18-19,26,38H,5,17H2,1-4H3,(H,39,45)/b37-31-. The summed E-state index contributed by atoms with van der Waals surface area (Å²) in [6, 6.07) is 19.1. The zero-order chi connectivity index (χ0) is 33.0. The van der Waals surface area contributed by atoms with E-state index in [9.17, 15) is 18.0 Å². The van der Waals surface area contributed by atoms with E-state index in [-0.39, 0.29) is 28.7 Å². The van der Waals surface area contributed by atoms with Crippen molar-refractivity contribution in [3.8, 4) is 22.8 Å². The smallest absolute Gasteiger partial charge is 0.406 e. The number of halogens is 3. The number of alkyl halides is 3. The number of carbonyl (C=O) groups is 1. The van der Waals surface area contributed by atoms with Crippen LogP contribution in [-0.4, -0.2) is 43.1 Å². The third kappa shape index (κ3) is 7.92. The number of amidine groups is 1. The Hall–Kier alpha value is -4.27. The second-order valence-electron chi connectivity index (χ2n) is 10.8. The Balaban J connectivity index is 1.23. The van der Waals surface area contributed by atoms with Gasteiger partial charge in [-0.15, -0.1) is 18.3 Å². The Morgan fingerprint density at radius 1 is 1.11 bits per heavy atom. The lowest BCUT2D eigenvalue weighted by Crippen LogP contribution is -2.39. The second kappa shape index (κ2) is 14.0. The molecule has 5 rings (SSSR count). The van der Waals surface area contributed by atoms with Crippen molar-refractivity contribution >= 4 is 45.9 Å². The summed E-state index contributed by atoms with van der Waals surface area (Å²) in [6.45, 7) is 8.22. The van der Waals surface area contributed by atoms with Crippen molar-refractivity contribution in [1.29, 1.82) is 0 Å². The van der Waals surface area contributed by atoms with Crippen LogP contribution in [0.4, 0.5) is 18.9 Å². The van der Waals surface area contributed by atoms with Gasteiger partial charge < -0.3 is 4.74 Å². The zero-order valence-electron chi connectivity index (χ0n) is 25.5. The van der Waals surface area contributed by atoms with Gasteiger partial charge in [-0.25, -0.2) is 15.1 Å². The van der Waals surface area contributed by atoms with E-state index in [0.29, 0.717) is 22.4 Å². The number of hydrazine groups is 1. The summed E-state index contributed by atoms with van der Waals surface area (Å²) in [5.41, 5.74) is 11.5. The molecule has 3 aromatic carbocycles. The summed E-state index contributed by atoms with van der Waals surface area (Å²) in [5, 5.41) is 5.21. The minimum Gasteiger partial charge on any atom is -0.406 e. The van der Waals surface area contributed by atoms with E-state index in [2.05, 4.69) is 50.6 Å². The first-order valence-electron chi connectivity index (χ1n) is 14.5. The number of carbonyl (C=O) groups excluding carboxylic acids is 1. The number of aliphatic imine (C=N–C) groups is 1. The zero-order valence-corrected chi connectivity index (χ0v) is 27.1. The predicted octanol–water partition coefficient (Wildman–Crippen LogP) is 7.23. The van der Waals surface area contributed by atoms with Crippen LogP contribution in [0.2, 0.25) is 0 Å². The maximum Gasteiger partial charge on any atom is 0.573 e. The van der Waals surface area contributed by atoms with Gasteiger partial charge in [0.1, 0.15) is 12.1 Å². The lowest BCUT2D eigenvalue weighted by Gasteiger charge is -2.23. The minimum atomic E-state index is -4.76. The molecule has 1 amide bonds. The first-order chi connectivity index (χ1) is 21.9. The third-order valence-corrected chi connectivity index (χ3v) is 8.29. The van der Waals surface area contributed by atoms with Crippen LogP contribution >= 0.6 is 24.0 Å². The van der Waals surface area contributed by atoms with E-state index in [1.165, 1.54) is 47.0 Å². The Labute approximate surface area is 274 Å². The van der Waals surface area contributed by atoms with E-state index in [1.54, 1.807) is 4.90 Å². The Bertz CT molecular complexity index is 1740. The summed E-state index contributed by atoms with van der Waals surface area (Å²) in [6.07, 6.45) is -2.52. The number of nitrogens with zero attached hydrogens (tertiary/aromatic N) is 5. The Morgan fingerprint density at radius 2 is 1.83 bits per heavy atom. The number of rotatable bonds is 9. The van der Waals surface area contributed by atoms with Gasteiger partial charge in [0.2, 0.25) is 11.0 Å². The number of nitrogens with one attached hydrogen (secondary N) is 2. The van der Waals surface area contributed by atoms with Gasteiger partial charge in [-0.05, 0) is 78.5 Å². The molecule has 2 N–H and O–H groups in total. The number of ether oxygens (including phenoxy) is 1. The molecule has 1 atom stereocenters. The molecule has 0 bridgehead atoms. The molecule has 1 saturated heterocycles. The van der Waals surface area contributed by atoms with Gasteiger partial charge in [-0.1, -0.05) is 68.9 Å². The fourth-order valence-corrected chi connectivity index (χ4v) is 5.96. The highest BCUT2D eigenvalue weighted by atomic mass is 32.2. The monoisotopic (exact) mass is 667 g/mol. The van der Waals surface area contributed by atoms with Gasteiger partial charge in [0, 0.05) is 5.56 Å². The number of amides is 1. The predicted molar refractivity (Wildman–Crippen MR) is 178 cm³/mol. The number of hydrogen-bond acceptors (Lipinski definition) is 7. The van der Waals surface area contributed by atoms with Gasteiger partial charge in [-0.2, -0.15) is 4.99 Å². The summed E-state index contributed by atoms with van der Waals surface area (Å²) < 4.78 is 42.7. The summed E-state index contributed by atoms with van der Waals surface area (Å²) in [7, 11) is 0. The fourth-order valence-electron chi connectivity index (χ4n) is 4.89. The number of benzene rings is 3. The molecule has 4 aromatic rings. The lowest BCUT2D eigenvalue weighted by atomic mass is 9.99. The first kappa shape index (κ1) is 33.1. The van der Waals surface area contributed by atoms with Gasteiger partial charge in [0.15, 0.2) is 11.0 Å². The van der Waals surface area contributed by atoms with Gasteiger partial charge in [-0.3, -0.25) is 15.1 Å². The van der Waals surface area contributed by atoms with Crippen LogP contribution in [0.3, 0.4) is 0 Å². The Morgan fingerprint density at radius 3 is 2.48 bits per heavy atom. The van der Waals surface area contributed by atoms with E-state index in [0.717, 1.165) is 34.4 Å². The number of hydrogen-bond donors (Lipinski definition) is 2. The number of aryl methyl sites for hydroxylation is 1. The van der Waals surface area contributed by atoms with E-state index < -0.39 is 6.36 Å². The van der Waals surface area contributed by atoms with Crippen LogP contribution in [0.15, 0.2) is 78.0 Å². The van der Waals surface area contributed by atoms with Crippen molar-refractivity contribution < 1.29 is 22.7 Å². The molecule has 1 unspecified atom stereocenters. The molecule has 1 aromatic heterocycles. The molecule has 14 heteroatoms. The number of aromatic nitrogens is 3. The van der Waals surface area contributed by atoms with Crippen molar-refractivity contribution in [1.82, 2.24) is 25.6 Å². The summed E-state index contributed by atoms with van der Waals surface area (Å²) >= 11 is 6.89. The van der Waals surface area contributed by atoms with Crippen molar-refractivity contribution in [3.05, 3.63) is 89.7 Å². The highest BCUT2D eigenvalue weighted by Gasteiger charge is 2.32. The topological polar surface area (TPSA) is 96.7 Å². The van der Waals surface area contributed by atoms with Crippen LogP contribution in [0.1, 0.15) is 55.8 Å². The summed E-state index contributed by atoms with van der Waals surface area (Å²) in [5.74, 6) is 0.631. The van der Waals surface area contributed by atoms with Crippen molar-refractivity contribution in [2.24, 2.45) is 4.99 Å². The maximum absolute atomic E-state index is 12.9. The molecule has 2 heterocycles. The van der Waals surface area contributed by atoms with Crippen LogP contribution in [0.25, 0.3) is 17.1 Å². The first-order valence-corrected chi connectivity index (χ1v) is 15.9. The lowest BCUT2D eigenvalue weighted by molar-refractivity contribution is -0.274. The molecule has 46 heavy (non-hydrogen) atoms. The van der Waals surface area contributed by atoms with Crippen molar-refractivity contribution in [2.45, 2.75) is 52.4 Å². The van der Waals surface area contributed by atoms with E-state index in [4.69, 9.17) is 12.2 Å². The average Bonchev–Trinajstić information content (AvgIpc) is 3.64. The highest BCUT2D eigenvalue weighted by molar-refractivity contribution is 8.15. The molecule has 9 nitrogen and oxygen atoms in total. The minimum absolute atomic E-state index is 0.0358. The molecule has 240 valence electrons. The maximum atomic E-state index is 12.9. The molecule has 0 radical (unpaired) electrons. The molecule has 1 aliphatic rings. The molecule has 0 saturated carbocycles. The van der Waals surface area contributed by atoms with Gasteiger partial charge >= 0.3 is 6.36 Å². The second-order valence-corrected chi connectivity index (χ2v) is 12.2. The largest absolute Gasteiger partial charge is 0.573 e. The molecular weight excluding hydrogens is 636 g/mol. The van der Waals surface area contributed by atoms with Crippen molar-refractivity contribution in [3.63, 3.8) is 0 Å². The number of thioether (sulfide) groups is 1. The summed E-state index contributed by atoms with van der Waals surface area (Å²) in [4.78, 5) is 23.5. The quantitative estimate of drug-likeness (QED) is 0.143. The highest BCUT2D eigenvalue weighted by Crippen LogP contribution is 2.34. The average molecular weight is 668 g/mol. The van der Waals surface area contributed by atoms with Gasteiger partial charge in [0.25, 0.3) is 0 Å². The van der Waals surface area contributed by atoms with Crippen LogP contribution in [0, 0.1) is 6.92 Å².